The number of unbranched alkanes of at least 4 members (excludes halogenated alkanes) is 2. The van der Waals surface area contributed by atoms with Crippen molar-refractivity contribution in [2.45, 2.75) is 25.7 Å². The quantitative estimate of drug-likeness (QED) is 0.713. The van der Waals surface area contributed by atoms with E-state index in [-0.39, 0.29) is 6.42 Å². The van der Waals surface area contributed by atoms with E-state index in [2.05, 4.69) is 33.1 Å². The third kappa shape index (κ3) is 4.81. The highest BCUT2D eigenvalue weighted by Crippen LogP contribution is 2.29. The summed E-state index contributed by atoms with van der Waals surface area (Å²) in [5, 5.41) is 8.68. The van der Waals surface area contributed by atoms with Crippen molar-refractivity contribution in [1.29, 1.82) is 0 Å². The predicted octanol–water partition coefficient (Wildman–Crippen LogP) is 4.92. The molecule has 0 aliphatic rings. The highest BCUT2D eigenvalue weighted by molar-refractivity contribution is 9.10. The molecular weight excluding hydrogens is 342 g/mol. The van der Waals surface area contributed by atoms with E-state index in [9.17, 15) is 4.79 Å². The summed E-state index contributed by atoms with van der Waals surface area (Å²) in [6.07, 6.45) is 8.40. The van der Waals surface area contributed by atoms with Crippen molar-refractivity contribution >= 4 is 27.5 Å². The molecule has 2 aromatic rings. The van der Waals surface area contributed by atoms with Crippen LogP contribution in [0.25, 0.3) is 5.57 Å². The Morgan fingerprint density at radius 2 is 2.00 bits per heavy atom. The Bertz CT molecular complexity index is 653. The van der Waals surface area contributed by atoms with E-state index in [1.54, 1.807) is 6.20 Å². The average Bonchev–Trinajstić information content (AvgIpc) is 2.52. The van der Waals surface area contributed by atoms with Gasteiger partial charge in [0.1, 0.15) is 0 Å². The molecule has 4 heteroatoms. The van der Waals surface area contributed by atoms with Gasteiger partial charge < -0.3 is 5.11 Å². The molecule has 1 aromatic carbocycles. The molecule has 0 bridgehead atoms. The molecule has 0 atom stereocenters. The molecule has 22 heavy (non-hydrogen) atoms. The van der Waals surface area contributed by atoms with Gasteiger partial charge in [0, 0.05) is 28.9 Å². The Morgan fingerprint density at radius 1 is 1.18 bits per heavy atom. The lowest BCUT2D eigenvalue weighted by atomic mass is 9.97. The first-order valence-electron chi connectivity index (χ1n) is 7.25. The summed E-state index contributed by atoms with van der Waals surface area (Å²) in [5.41, 5.74) is 3.30. The van der Waals surface area contributed by atoms with Gasteiger partial charge in [-0.2, -0.15) is 0 Å². The summed E-state index contributed by atoms with van der Waals surface area (Å²) < 4.78 is 1.04. The zero-order chi connectivity index (χ0) is 15.8. The van der Waals surface area contributed by atoms with Crippen molar-refractivity contribution in [3.8, 4) is 0 Å². The molecule has 0 aliphatic carbocycles. The number of pyridine rings is 1. The normalized spacial score (nSPS) is 11.4. The number of halogens is 1. The third-order valence-corrected chi connectivity index (χ3v) is 4.02. The van der Waals surface area contributed by atoms with Crippen molar-refractivity contribution in [2.24, 2.45) is 0 Å². The van der Waals surface area contributed by atoms with Crippen LogP contribution in [0.3, 0.4) is 0 Å². The minimum atomic E-state index is -0.734. The molecule has 2 rings (SSSR count). The standard InChI is InChI=1S/C18H18BrNO2/c19-17-10-5-4-9-16(17)15(14-7-6-12-20-13-14)8-2-1-3-11-18(21)22/h4-10,12-13H,1-3,11H2,(H,21,22)/b15-8-. The maximum absolute atomic E-state index is 10.6. The van der Waals surface area contributed by atoms with Gasteiger partial charge in [0.15, 0.2) is 0 Å². The summed E-state index contributed by atoms with van der Waals surface area (Å²) in [5.74, 6) is -0.734. The van der Waals surface area contributed by atoms with Crippen LogP contribution in [0.4, 0.5) is 0 Å². The van der Waals surface area contributed by atoms with Gasteiger partial charge in [-0.15, -0.1) is 0 Å². The summed E-state index contributed by atoms with van der Waals surface area (Å²) in [6, 6.07) is 12.0. The van der Waals surface area contributed by atoms with Crippen LogP contribution in [0.15, 0.2) is 59.3 Å². The van der Waals surface area contributed by atoms with Crippen molar-refractivity contribution < 1.29 is 9.90 Å². The molecule has 0 radical (unpaired) electrons. The van der Waals surface area contributed by atoms with Gasteiger partial charge in [0.2, 0.25) is 0 Å². The number of rotatable bonds is 7. The lowest BCUT2D eigenvalue weighted by molar-refractivity contribution is -0.137. The zero-order valence-electron chi connectivity index (χ0n) is 12.2. The fraction of sp³-hybridized carbons (Fsp3) is 0.222. The second-order valence-corrected chi connectivity index (χ2v) is 5.83. The van der Waals surface area contributed by atoms with E-state index < -0.39 is 5.97 Å². The number of carboxylic acid groups (broad SMARTS) is 1. The monoisotopic (exact) mass is 359 g/mol. The first-order valence-corrected chi connectivity index (χ1v) is 8.05. The zero-order valence-corrected chi connectivity index (χ0v) is 13.8. The lowest BCUT2D eigenvalue weighted by Crippen LogP contribution is -1.94. The van der Waals surface area contributed by atoms with Crippen LogP contribution in [-0.4, -0.2) is 16.1 Å². The Balaban J connectivity index is 2.20. The number of carbonyl (C=O) groups is 1. The Labute approximate surface area is 138 Å². The molecule has 0 fully saturated rings. The first kappa shape index (κ1) is 16.4. The molecule has 3 nitrogen and oxygen atoms in total. The number of hydrogen-bond acceptors (Lipinski definition) is 2. The van der Waals surface area contributed by atoms with E-state index in [0.29, 0.717) is 6.42 Å². The van der Waals surface area contributed by atoms with Gasteiger partial charge in [0.05, 0.1) is 0 Å². The second kappa shape index (κ2) is 8.49. The Kier molecular flexibility index (Phi) is 6.34. The van der Waals surface area contributed by atoms with Crippen LogP contribution in [0.5, 0.6) is 0 Å². The van der Waals surface area contributed by atoms with Crippen molar-refractivity contribution in [2.75, 3.05) is 0 Å². The molecular formula is C18H18BrNO2. The van der Waals surface area contributed by atoms with Crippen molar-refractivity contribution in [1.82, 2.24) is 4.98 Å². The Morgan fingerprint density at radius 3 is 2.68 bits per heavy atom. The molecule has 0 amide bonds. The van der Waals surface area contributed by atoms with E-state index in [1.165, 1.54) is 0 Å². The number of hydrogen-bond donors (Lipinski definition) is 1. The fourth-order valence-electron chi connectivity index (χ4n) is 2.25. The maximum atomic E-state index is 10.6. The molecule has 114 valence electrons. The van der Waals surface area contributed by atoms with Crippen LogP contribution in [0.2, 0.25) is 0 Å². The number of aliphatic carboxylic acids is 1. The van der Waals surface area contributed by atoms with E-state index in [4.69, 9.17) is 5.11 Å². The van der Waals surface area contributed by atoms with Gasteiger partial charge in [-0.3, -0.25) is 9.78 Å². The average molecular weight is 360 g/mol. The van der Waals surface area contributed by atoms with Gasteiger partial charge >= 0.3 is 5.97 Å². The minimum Gasteiger partial charge on any atom is -0.481 e. The SMILES string of the molecule is O=C(O)CCCC/C=C(/c1cccnc1)c1ccccc1Br. The summed E-state index contributed by atoms with van der Waals surface area (Å²) in [6.45, 7) is 0. The predicted molar refractivity (Wildman–Crippen MR) is 91.6 cm³/mol. The van der Waals surface area contributed by atoms with Gasteiger partial charge in [-0.05, 0) is 42.5 Å². The van der Waals surface area contributed by atoms with Crippen LogP contribution >= 0.6 is 15.9 Å². The highest BCUT2D eigenvalue weighted by Gasteiger charge is 2.08. The van der Waals surface area contributed by atoms with E-state index >= 15 is 0 Å². The van der Waals surface area contributed by atoms with Crippen LogP contribution < -0.4 is 0 Å². The molecule has 0 saturated heterocycles. The number of aromatic nitrogens is 1. The number of nitrogens with zero attached hydrogens (tertiary/aromatic N) is 1. The highest BCUT2D eigenvalue weighted by atomic mass is 79.9. The van der Waals surface area contributed by atoms with Crippen LogP contribution in [0.1, 0.15) is 36.8 Å². The second-order valence-electron chi connectivity index (χ2n) is 4.98. The van der Waals surface area contributed by atoms with Crippen LogP contribution in [-0.2, 0) is 4.79 Å². The summed E-state index contributed by atoms with van der Waals surface area (Å²) in [4.78, 5) is 14.7. The lowest BCUT2D eigenvalue weighted by Gasteiger charge is -2.10. The number of carboxylic acids is 1. The maximum Gasteiger partial charge on any atom is 0.303 e. The molecule has 0 aliphatic heterocycles. The first-order chi connectivity index (χ1) is 10.7. The van der Waals surface area contributed by atoms with Gasteiger partial charge in [-0.25, -0.2) is 0 Å². The molecule has 0 unspecified atom stereocenters. The van der Waals surface area contributed by atoms with Crippen molar-refractivity contribution in [3.63, 3.8) is 0 Å². The number of allylic oxidation sites excluding steroid dienone is 1. The molecule has 1 aromatic heterocycles. The fourth-order valence-corrected chi connectivity index (χ4v) is 2.75. The largest absolute Gasteiger partial charge is 0.481 e. The van der Waals surface area contributed by atoms with Gasteiger partial charge in [0.25, 0.3) is 0 Å². The van der Waals surface area contributed by atoms with E-state index in [0.717, 1.165) is 34.0 Å². The molecule has 1 heterocycles. The molecule has 0 spiro atoms. The van der Waals surface area contributed by atoms with Gasteiger partial charge in [-0.1, -0.05) is 46.3 Å². The molecule has 0 saturated carbocycles. The third-order valence-electron chi connectivity index (χ3n) is 3.33. The van der Waals surface area contributed by atoms with Crippen LogP contribution in [0, 0.1) is 0 Å². The molecule has 1 N–H and O–H groups in total. The van der Waals surface area contributed by atoms with E-state index in [1.807, 2.05) is 36.5 Å². The minimum absolute atomic E-state index is 0.227. The summed E-state index contributed by atoms with van der Waals surface area (Å²) >= 11 is 3.60. The number of benzene rings is 1. The smallest absolute Gasteiger partial charge is 0.303 e. The van der Waals surface area contributed by atoms with Crippen molar-refractivity contribution in [3.05, 3.63) is 70.5 Å². The topological polar surface area (TPSA) is 50.2 Å². The summed E-state index contributed by atoms with van der Waals surface area (Å²) in [7, 11) is 0. The Hall–Kier alpha value is -1.94.